The molecule has 0 radical (unpaired) electrons. The van der Waals surface area contributed by atoms with Gasteiger partial charge in [0.1, 0.15) is 0 Å². The minimum Gasteiger partial charge on any atom is -0.396 e. The molecule has 0 amide bonds. The van der Waals surface area contributed by atoms with Crippen LogP contribution in [0.5, 0.6) is 0 Å². The van der Waals surface area contributed by atoms with Gasteiger partial charge < -0.3 is 14.9 Å². The summed E-state index contributed by atoms with van der Waals surface area (Å²) in [6, 6.07) is -0.596. The maximum absolute atomic E-state index is 9.53. The second kappa shape index (κ2) is 12.3. The third kappa shape index (κ3) is 10.7. The van der Waals surface area contributed by atoms with Gasteiger partial charge in [0.05, 0.1) is 25.4 Å². The summed E-state index contributed by atoms with van der Waals surface area (Å²) in [6.07, 6.45) is 4.96. The molecule has 2 atom stereocenters. The Morgan fingerprint density at radius 3 is 2.79 bits per heavy atom. The Morgan fingerprint density at radius 2 is 2.16 bits per heavy atom. The first kappa shape index (κ1) is 16.9. The van der Waals surface area contributed by atoms with Gasteiger partial charge in [0, 0.05) is 17.9 Å². The number of rotatable bonds is 8. The molecule has 2 N–H and O–H groups in total. The van der Waals surface area contributed by atoms with Crippen molar-refractivity contribution in [2.75, 3.05) is 19.8 Å². The molecule has 0 saturated carbocycles. The highest BCUT2D eigenvalue weighted by Gasteiger charge is 2.06. The standard InChI is InChI=1S/C13H15N3O3/c1-2-3-4-5-6-7-13(18)8-9-19-11-12(10-17)15-16-14/h1,12-13,17-18H,7-11H2. The lowest BCUT2D eigenvalue weighted by Gasteiger charge is -2.10. The van der Waals surface area contributed by atoms with Crippen molar-refractivity contribution in [3.8, 4) is 36.0 Å². The van der Waals surface area contributed by atoms with E-state index < -0.39 is 12.1 Å². The van der Waals surface area contributed by atoms with E-state index >= 15 is 0 Å². The van der Waals surface area contributed by atoms with Crippen molar-refractivity contribution in [2.45, 2.75) is 25.0 Å². The van der Waals surface area contributed by atoms with Crippen LogP contribution in [0.3, 0.4) is 0 Å². The van der Waals surface area contributed by atoms with Crippen LogP contribution in [0.15, 0.2) is 5.11 Å². The molecule has 0 aromatic rings. The zero-order valence-electron chi connectivity index (χ0n) is 10.4. The van der Waals surface area contributed by atoms with Crippen molar-refractivity contribution in [3.63, 3.8) is 0 Å². The van der Waals surface area contributed by atoms with E-state index in [4.69, 9.17) is 21.8 Å². The van der Waals surface area contributed by atoms with Crippen molar-refractivity contribution in [3.05, 3.63) is 10.4 Å². The summed E-state index contributed by atoms with van der Waals surface area (Å²) in [7, 11) is 0. The zero-order valence-corrected chi connectivity index (χ0v) is 10.4. The Balaban J connectivity index is 3.73. The Hall–Kier alpha value is -2.13. The summed E-state index contributed by atoms with van der Waals surface area (Å²) in [5.41, 5.74) is 8.18. The van der Waals surface area contributed by atoms with E-state index in [2.05, 4.69) is 39.6 Å². The number of aliphatic hydroxyl groups excluding tert-OH is 2. The SMILES string of the molecule is C#CC#CC#CCC(O)CCOCC(CO)N=[N+]=[N-]. The number of nitrogens with zero attached hydrogens (tertiary/aromatic N) is 3. The van der Waals surface area contributed by atoms with Crippen molar-refractivity contribution >= 4 is 0 Å². The van der Waals surface area contributed by atoms with Gasteiger partial charge in [0.2, 0.25) is 0 Å². The third-order valence-electron chi connectivity index (χ3n) is 1.95. The van der Waals surface area contributed by atoms with E-state index in [1.54, 1.807) is 0 Å². The fraction of sp³-hybridized carbons (Fsp3) is 0.538. The average Bonchev–Trinajstić information content (AvgIpc) is 2.42. The molecule has 0 aliphatic carbocycles. The molecule has 6 nitrogen and oxygen atoms in total. The van der Waals surface area contributed by atoms with Gasteiger partial charge in [-0.1, -0.05) is 11.0 Å². The fourth-order valence-corrected chi connectivity index (χ4v) is 1.02. The van der Waals surface area contributed by atoms with Gasteiger partial charge in [0.15, 0.2) is 0 Å². The maximum atomic E-state index is 9.53. The number of azide groups is 1. The van der Waals surface area contributed by atoms with Crippen LogP contribution >= 0.6 is 0 Å². The van der Waals surface area contributed by atoms with Crippen LogP contribution in [0.1, 0.15) is 12.8 Å². The molecule has 100 valence electrons. The molecule has 0 aromatic carbocycles. The topological polar surface area (TPSA) is 98.5 Å². The summed E-state index contributed by atoms with van der Waals surface area (Å²) in [5.74, 6) is 12.1. The molecule has 0 saturated heterocycles. The Labute approximate surface area is 112 Å². The van der Waals surface area contributed by atoms with Crippen LogP contribution in [-0.4, -0.2) is 42.2 Å². The van der Waals surface area contributed by atoms with Crippen molar-refractivity contribution in [1.29, 1.82) is 0 Å². The molecular formula is C13H15N3O3. The van der Waals surface area contributed by atoms with Crippen LogP contribution in [0.2, 0.25) is 0 Å². The van der Waals surface area contributed by atoms with Crippen LogP contribution in [0, 0.1) is 36.0 Å². The van der Waals surface area contributed by atoms with Gasteiger partial charge in [-0.05, 0) is 35.6 Å². The van der Waals surface area contributed by atoms with Crippen molar-refractivity contribution < 1.29 is 14.9 Å². The maximum Gasteiger partial charge on any atom is 0.0838 e. The molecule has 0 spiro atoms. The lowest BCUT2D eigenvalue weighted by Crippen LogP contribution is -2.19. The molecule has 2 unspecified atom stereocenters. The van der Waals surface area contributed by atoms with Crippen LogP contribution < -0.4 is 0 Å². The molecule has 0 heterocycles. The lowest BCUT2D eigenvalue weighted by atomic mass is 10.2. The molecule has 19 heavy (non-hydrogen) atoms. The predicted octanol–water partition coefficient (Wildman–Crippen LogP) is 0.455. The zero-order chi connectivity index (χ0) is 14.3. The minimum absolute atomic E-state index is 0.118. The molecule has 0 bridgehead atoms. The summed E-state index contributed by atoms with van der Waals surface area (Å²) >= 11 is 0. The largest absolute Gasteiger partial charge is 0.396 e. The third-order valence-corrected chi connectivity index (χ3v) is 1.95. The second-order valence-electron chi connectivity index (χ2n) is 3.46. The fourth-order valence-electron chi connectivity index (χ4n) is 1.02. The van der Waals surface area contributed by atoms with E-state index in [0.29, 0.717) is 6.42 Å². The smallest absolute Gasteiger partial charge is 0.0838 e. The molecule has 0 aliphatic heterocycles. The molecule has 0 aliphatic rings. The number of ether oxygens (including phenoxy) is 1. The Kier molecular flexibility index (Phi) is 10.9. The summed E-state index contributed by atoms with van der Waals surface area (Å²) in [4.78, 5) is 2.58. The van der Waals surface area contributed by atoms with E-state index in [1.807, 2.05) is 0 Å². The van der Waals surface area contributed by atoms with Gasteiger partial charge in [-0.25, -0.2) is 0 Å². The molecule has 0 aromatic heterocycles. The average molecular weight is 261 g/mol. The monoisotopic (exact) mass is 261 g/mol. The van der Waals surface area contributed by atoms with Crippen LogP contribution in [0.4, 0.5) is 0 Å². The summed E-state index contributed by atoms with van der Waals surface area (Å²) < 4.78 is 5.17. The van der Waals surface area contributed by atoms with E-state index in [0.717, 1.165) is 0 Å². The van der Waals surface area contributed by atoms with Crippen molar-refractivity contribution in [1.82, 2.24) is 0 Å². The lowest BCUT2D eigenvalue weighted by molar-refractivity contribution is 0.0676. The highest BCUT2D eigenvalue weighted by molar-refractivity contribution is 5.33. The van der Waals surface area contributed by atoms with Crippen molar-refractivity contribution in [2.24, 2.45) is 5.11 Å². The quantitative estimate of drug-likeness (QED) is 0.218. The molecule has 0 rings (SSSR count). The molecule has 0 fully saturated rings. The highest BCUT2D eigenvalue weighted by Crippen LogP contribution is 1.99. The summed E-state index contributed by atoms with van der Waals surface area (Å²) in [5, 5.41) is 21.7. The minimum atomic E-state index is -0.618. The van der Waals surface area contributed by atoms with Gasteiger partial charge in [0.25, 0.3) is 0 Å². The highest BCUT2D eigenvalue weighted by atomic mass is 16.5. The first-order valence-corrected chi connectivity index (χ1v) is 5.59. The summed E-state index contributed by atoms with van der Waals surface area (Å²) in [6.45, 7) is 0.134. The number of terminal acetylenes is 1. The number of hydrogen-bond donors (Lipinski definition) is 2. The number of aliphatic hydroxyl groups is 2. The first-order chi connectivity index (χ1) is 9.24. The van der Waals surface area contributed by atoms with Gasteiger partial charge in [-0.3, -0.25) is 0 Å². The van der Waals surface area contributed by atoms with Crippen LogP contribution in [0.25, 0.3) is 10.4 Å². The molecular weight excluding hydrogens is 246 g/mol. The van der Waals surface area contributed by atoms with Crippen LogP contribution in [-0.2, 0) is 4.74 Å². The Bertz CT molecular complexity index is 455. The van der Waals surface area contributed by atoms with E-state index in [9.17, 15) is 5.11 Å². The predicted molar refractivity (Wildman–Crippen MR) is 70.5 cm³/mol. The first-order valence-electron chi connectivity index (χ1n) is 5.59. The molecule has 6 heteroatoms. The van der Waals surface area contributed by atoms with E-state index in [1.165, 1.54) is 0 Å². The van der Waals surface area contributed by atoms with Gasteiger partial charge in [-0.2, -0.15) is 0 Å². The van der Waals surface area contributed by atoms with Gasteiger partial charge >= 0.3 is 0 Å². The Morgan fingerprint density at radius 1 is 1.37 bits per heavy atom. The van der Waals surface area contributed by atoms with E-state index in [-0.39, 0.29) is 26.2 Å². The van der Waals surface area contributed by atoms with Gasteiger partial charge in [-0.15, -0.1) is 6.42 Å². The number of hydrogen-bond acceptors (Lipinski definition) is 4. The normalized spacial score (nSPS) is 11.6. The second-order valence-corrected chi connectivity index (χ2v) is 3.46.